The molecule has 0 bridgehead atoms. The third-order valence-electron chi connectivity index (χ3n) is 7.90. The zero-order chi connectivity index (χ0) is 24.8. The molecular formula is C37H28. The molecule has 0 aromatic heterocycles. The van der Waals surface area contributed by atoms with Crippen molar-refractivity contribution < 1.29 is 0 Å². The molecule has 0 amide bonds. The fourth-order valence-electron chi connectivity index (χ4n) is 6.14. The van der Waals surface area contributed by atoms with Gasteiger partial charge in [0, 0.05) is 5.92 Å². The Morgan fingerprint density at radius 2 is 1.08 bits per heavy atom. The van der Waals surface area contributed by atoms with Crippen LogP contribution < -0.4 is 0 Å². The van der Waals surface area contributed by atoms with Crippen molar-refractivity contribution in [2.75, 3.05) is 0 Å². The van der Waals surface area contributed by atoms with Gasteiger partial charge in [-0.15, -0.1) is 0 Å². The normalized spacial score (nSPS) is 14.8. The molecule has 37 heavy (non-hydrogen) atoms. The molecule has 1 unspecified atom stereocenters. The molecule has 0 saturated heterocycles. The van der Waals surface area contributed by atoms with Crippen LogP contribution in [0.1, 0.15) is 30.4 Å². The lowest BCUT2D eigenvalue weighted by atomic mass is 9.78. The Morgan fingerprint density at radius 1 is 0.541 bits per heavy atom. The number of rotatable bonds is 3. The van der Waals surface area contributed by atoms with Crippen LogP contribution in [0.5, 0.6) is 0 Å². The minimum atomic E-state index is 0.343. The molecule has 0 fully saturated rings. The second-order valence-electron chi connectivity index (χ2n) is 10.0. The second-order valence-corrected chi connectivity index (χ2v) is 10.0. The molecule has 6 aromatic carbocycles. The van der Waals surface area contributed by atoms with Crippen molar-refractivity contribution in [3.05, 3.63) is 139 Å². The topological polar surface area (TPSA) is 0 Å². The summed E-state index contributed by atoms with van der Waals surface area (Å²) in [6.45, 7) is 2.30. The van der Waals surface area contributed by atoms with Crippen LogP contribution in [0.4, 0.5) is 0 Å². The Morgan fingerprint density at radius 3 is 1.70 bits per heavy atom. The number of hydrogen-bond donors (Lipinski definition) is 0. The van der Waals surface area contributed by atoms with Gasteiger partial charge in [0.1, 0.15) is 0 Å². The summed E-state index contributed by atoms with van der Waals surface area (Å²) >= 11 is 0. The largest absolute Gasteiger partial charge is 0.0770 e. The van der Waals surface area contributed by atoms with E-state index in [4.69, 9.17) is 0 Å². The standard InChI is InChI=1S/C37H28/c1-2-25-11-7-8-18-34-35(30-21-19-26-12-3-5-14-28(26)23-30)32-16-9-10-17-33(32)37(36(25)34)31-22-20-27-13-4-6-15-29(27)24-31/h3-25H,2H2,1H3. The van der Waals surface area contributed by atoms with Crippen molar-refractivity contribution >= 4 is 38.4 Å². The maximum absolute atomic E-state index is 2.38. The molecule has 0 heterocycles. The molecule has 0 saturated carbocycles. The summed E-state index contributed by atoms with van der Waals surface area (Å²) in [4.78, 5) is 0. The van der Waals surface area contributed by atoms with Crippen LogP contribution in [0, 0.1) is 0 Å². The van der Waals surface area contributed by atoms with Gasteiger partial charge in [-0.3, -0.25) is 0 Å². The van der Waals surface area contributed by atoms with Gasteiger partial charge < -0.3 is 0 Å². The Hall–Kier alpha value is -4.42. The van der Waals surface area contributed by atoms with E-state index in [2.05, 4.69) is 140 Å². The average Bonchev–Trinajstić information content (AvgIpc) is 3.17. The molecule has 0 radical (unpaired) electrons. The van der Waals surface area contributed by atoms with E-state index in [0.717, 1.165) is 6.42 Å². The van der Waals surface area contributed by atoms with Crippen LogP contribution in [0.3, 0.4) is 0 Å². The SMILES string of the molecule is CCC1C=CC=Cc2c1c(-c1ccc3ccccc3c1)c1ccccc1c2-c1ccc2ccccc2c1. The monoisotopic (exact) mass is 472 g/mol. The van der Waals surface area contributed by atoms with E-state index in [-0.39, 0.29) is 0 Å². The third kappa shape index (κ3) is 3.60. The van der Waals surface area contributed by atoms with Crippen LogP contribution in [0.2, 0.25) is 0 Å². The van der Waals surface area contributed by atoms with E-state index in [9.17, 15) is 0 Å². The predicted octanol–water partition coefficient (Wildman–Crippen LogP) is 10.6. The molecule has 0 spiro atoms. The molecular weight excluding hydrogens is 444 g/mol. The fraction of sp³-hybridized carbons (Fsp3) is 0.0811. The molecule has 6 aromatic rings. The molecule has 0 aliphatic heterocycles. The molecule has 0 nitrogen and oxygen atoms in total. The van der Waals surface area contributed by atoms with Crippen LogP contribution in [0.25, 0.3) is 60.6 Å². The van der Waals surface area contributed by atoms with Gasteiger partial charge in [0.05, 0.1) is 0 Å². The molecule has 1 atom stereocenters. The number of hydrogen-bond acceptors (Lipinski definition) is 0. The van der Waals surface area contributed by atoms with Crippen LogP contribution in [-0.2, 0) is 0 Å². The first-order valence-electron chi connectivity index (χ1n) is 13.2. The van der Waals surface area contributed by atoms with Crippen molar-refractivity contribution in [2.24, 2.45) is 0 Å². The third-order valence-corrected chi connectivity index (χ3v) is 7.90. The average molecular weight is 473 g/mol. The zero-order valence-corrected chi connectivity index (χ0v) is 21.0. The highest BCUT2D eigenvalue weighted by Gasteiger charge is 2.24. The van der Waals surface area contributed by atoms with Crippen molar-refractivity contribution in [1.82, 2.24) is 0 Å². The van der Waals surface area contributed by atoms with Gasteiger partial charge in [0.2, 0.25) is 0 Å². The summed E-state index contributed by atoms with van der Waals surface area (Å²) in [5, 5.41) is 7.74. The number of benzene rings is 6. The zero-order valence-electron chi connectivity index (χ0n) is 21.0. The van der Waals surface area contributed by atoms with E-state index in [0.29, 0.717) is 5.92 Å². The Bertz CT molecular complexity index is 1870. The molecule has 0 N–H and O–H groups in total. The Balaban J connectivity index is 1.62. The molecule has 176 valence electrons. The van der Waals surface area contributed by atoms with Gasteiger partial charge >= 0.3 is 0 Å². The second kappa shape index (κ2) is 8.91. The molecule has 1 aliphatic rings. The van der Waals surface area contributed by atoms with Crippen molar-refractivity contribution in [3.8, 4) is 22.3 Å². The number of fused-ring (bicyclic) bond motifs is 4. The van der Waals surface area contributed by atoms with Gasteiger partial charge in [-0.05, 0) is 84.3 Å². The van der Waals surface area contributed by atoms with E-state index in [1.165, 1.54) is 65.7 Å². The smallest absolute Gasteiger partial charge is 0.00310 e. The summed E-state index contributed by atoms with van der Waals surface area (Å²) in [7, 11) is 0. The van der Waals surface area contributed by atoms with Crippen molar-refractivity contribution in [2.45, 2.75) is 19.3 Å². The Kier molecular flexibility index (Phi) is 5.26. The predicted molar refractivity (Wildman–Crippen MR) is 161 cm³/mol. The van der Waals surface area contributed by atoms with Crippen molar-refractivity contribution in [1.29, 1.82) is 0 Å². The molecule has 1 aliphatic carbocycles. The quantitative estimate of drug-likeness (QED) is 0.240. The first kappa shape index (κ1) is 21.8. The van der Waals surface area contributed by atoms with Crippen LogP contribution in [0.15, 0.2) is 127 Å². The Labute approximate surface area is 218 Å². The minimum Gasteiger partial charge on any atom is -0.0770 e. The van der Waals surface area contributed by atoms with E-state index >= 15 is 0 Å². The van der Waals surface area contributed by atoms with Crippen LogP contribution >= 0.6 is 0 Å². The summed E-state index contributed by atoms with van der Waals surface area (Å²) in [5.74, 6) is 0.343. The minimum absolute atomic E-state index is 0.343. The summed E-state index contributed by atoms with van der Waals surface area (Å²) in [6, 6.07) is 40.2. The number of allylic oxidation sites excluding steroid dienone is 3. The van der Waals surface area contributed by atoms with Crippen LogP contribution in [-0.4, -0.2) is 0 Å². The van der Waals surface area contributed by atoms with E-state index in [1.54, 1.807) is 0 Å². The van der Waals surface area contributed by atoms with Gasteiger partial charge in [0.15, 0.2) is 0 Å². The summed E-state index contributed by atoms with van der Waals surface area (Å²) in [5.41, 5.74) is 8.04. The van der Waals surface area contributed by atoms with Gasteiger partial charge in [-0.2, -0.15) is 0 Å². The maximum atomic E-state index is 2.38. The first-order valence-corrected chi connectivity index (χ1v) is 13.2. The lowest BCUT2D eigenvalue weighted by molar-refractivity contribution is 0.808. The fourth-order valence-corrected chi connectivity index (χ4v) is 6.14. The lowest BCUT2D eigenvalue weighted by Gasteiger charge is -2.25. The highest BCUT2D eigenvalue weighted by atomic mass is 14.3. The van der Waals surface area contributed by atoms with E-state index < -0.39 is 0 Å². The lowest BCUT2D eigenvalue weighted by Crippen LogP contribution is -2.03. The van der Waals surface area contributed by atoms with Gasteiger partial charge in [-0.1, -0.05) is 128 Å². The van der Waals surface area contributed by atoms with Gasteiger partial charge in [0.25, 0.3) is 0 Å². The molecule has 7 rings (SSSR count). The molecule has 0 heteroatoms. The highest BCUT2D eigenvalue weighted by molar-refractivity contribution is 6.11. The van der Waals surface area contributed by atoms with Gasteiger partial charge in [-0.25, -0.2) is 0 Å². The maximum Gasteiger partial charge on any atom is 0.00310 e. The first-order chi connectivity index (χ1) is 18.3. The highest BCUT2D eigenvalue weighted by Crippen LogP contribution is 2.47. The van der Waals surface area contributed by atoms with E-state index in [1.807, 2.05) is 0 Å². The van der Waals surface area contributed by atoms with Crippen molar-refractivity contribution in [3.63, 3.8) is 0 Å². The summed E-state index contributed by atoms with van der Waals surface area (Å²) in [6.07, 6.45) is 10.2. The summed E-state index contributed by atoms with van der Waals surface area (Å²) < 4.78 is 0.